The minimum atomic E-state index is 0.116. The van der Waals surface area contributed by atoms with Crippen LogP contribution < -0.4 is 9.80 Å². The maximum Gasteiger partial charge on any atom is 0.253 e. The van der Waals surface area contributed by atoms with E-state index in [1.807, 2.05) is 24.1 Å². The summed E-state index contributed by atoms with van der Waals surface area (Å²) in [4.78, 5) is 30.8. The van der Waals surface area contributed by atoms with Crippen LogP contribution in [-0.4, -0.2) is 49.9 Å². The Labute approximate surface area is 172 Å². The van der Waals surface area contributed by atoms with E-state index >= 15 is 0 Å². The molecule has 152 valence electrons. The summed E-state index contributed by atoms with van der Waals surface area (Å²) in [5, 5.41) is 0. The fraction of sp³-hybridized carbons (Fsp3) is 0.417. The molecule has 2 aromatic rings. The minimum Gasteiger partial charge on any atom is -0.368 e. The third-order valence-electron chi connectivity index (χ3n) is 6.16. The molecule has 0 atom stereocenters. The van der Waals surface area contributed by atoms with E-state index in [9.17, 15) is 9.59 Å². The lowest BCUT2D eigenvalue weighted by Crippen LogP contribution is -2.48. The SMILES string of the molecule is CC(C)c1ccc(C(=O)N2CCN(c3ccc4c(c3)CCC(=O)N4C)CC2)cc1. The van der Waals surface area contributed by atoms with Gasteiger partial charge in [0.2, 0.25) is 5.91 Å². The summed E-state index contributed by atoms with van der Waals surface area (Å²) >= 11 is 0. The molecule has 2 aliphatic rings. The van der Waals surface area contributed by atoms with Gasteiger partial charge < -0.3 is 14.7 Å². The lowest BCUT2D eigenvalue weighted by molar-refractivity contribution is -0.118. The Kier molecular flexibility index (Phi) is 5.31. The maximum absolute atomic E-state index is 12.9. The first-order valence-corrected chi connectivity index (χ1v) is 10.5. The van der Waals surface area contributed by atoms with Gasteiger partial charge in [0.05, 0.1) is 0 Å². The summed E-state index contributed by atoms with van der Waals surface area (Å²) in [6.45, 7) is 7.41. The van der Waals surface area contributed by atoms with Gasteiger partial charge in [-0.2, -0.15) is 0 Å². The molecule has 2 aliphatic heterocycles. The van der Waals surface area contributed by atoms with Crippen LogP contribution in [0.25, 0.3) is 0 Å². The average molecular weight is 392 g/mol. The molecule has 0 saturated carbocycles. The molecular weight excluding hydrogens is 362 g/mol. The second-order valence-electron chi connectivity index (χ2n) is 8.32. The van der Waals surface area contributed by atoms with Crippen molar-refractivity contribution in [2.24, 2.45) is 0 Å². The van der Waals surface area contributed by atoms with E-state index in [1.54, 1.807) is 4.90 Å². The zero-order chi connectivity index (χ0) is 20.5. The molecule has 29 heavy (non-hydrogen) atoms. The van der Waals surface area contributed by atoms with E-state index < -0.39 is 0 Å². The van der Waals surface area contributed by atoms with Gasteiger partial charge in [-0.1, -0.05) is 26.0 Å². The predicted molar refractivity (Wildman–Crippen MR) is 117 cm³/mol. The number of carbonyl (C=O) groups excluding carboxylic acids is 2. The van der Waals surface area contributed by atoms with Gasteiger partial charge in [0, 0.05) is 56.6 Å². The van der Waals surface area contributed by atoms with Gasteiger partial charge in [-0.05, 0) is 53.8 Å². The Morgan fingerprint density at radius 3 is 2.28 bits per heavy atom. The summed E-state index contributed by atoms with van der Waals surface area (Å²) in [7, 11) is 1.85. The zero-order valence-electron chi connectivity index (χ0n) is 17.5. The number of anilines is 2. The zero-order valence-corrected chi connectivity index (χ0v) is 17.5. The van der Waals surface area contributed by atoms with Gasteiger partial charge in [-0.15, -0.1) is 0 Å². The summed E-state index contributed by atoms with van der Waals surface area (Å²) in [6.07, 6.45) is 1.38. The molecule has 0 unspecified atom stereocenters. The molecule has 4 rings (SSSR count). The maximum atomic E-state index is 12.9. The molecule has 0 bridgehead atoms. The molecule has 5 nitrogen and oxygen atoms in total. The first kappa shape index (κ1) is 19.5. The Bertz CT molecular complexity index is 912. The van der Waals surface area contributed by atoms with Crippen molar-refractivity contribution in [1.29, 1.82) is 0 Å². The molecule has 0 N–H and O–H groups in total. The largest absolute Gasteiger partial charge is 0.368 e. The number of hydrogen-bond acceptors (Lipinski definition) is 3. The Balaban J connectivity index is 1.40. The third kappa shape index (κ3) is 3.86. The number of aryl methyl sites for hydroxylation is 1. The van der Waals surface area contributed by atoms with E-state index in [1.165, 1.54) is 16.8 Å². The van der Waals surface area contributed by atoms with Crippen molar-refractivity contribution in [2.75, 3.05) is 43.0 Å². The normalized spacial score (nSPS) is 17.0. The number of rotatable bonds is 3. The van der Waals surface area contributed by atoms with Crippen LogP contribution in [0.4, 0.5) is 11.4 Å². The summed E-state index contributed by atoms with van der Waals surface area (Å²) < 4.78 is 0. The smallest absolute Gasteiger partial charge is 0.253 e. The highest BCUT2D eigenvalue weighted by Crippen LogP contribution is 2.31. The van der Waals surface area contributed by atoms with Crippen molar-refractivity contribution in [3.8, 4) is 0 Å². The van der Waals surface area contributed by atoms with Gasteiger partial charge in [0.15, 0.2) is 0 Å². The van der Waals surface area contributed by atoms with Gasteiger partial charge in [0.1, 0.15) is 0 Å². The van der Waals surface area contributed by atoms with Gasteiger partial charge in [0.25, 0.3) is 5.91 Å². The standard InChI is InChI=1S/C24H29N3O2/c1-17(2)18-4-6-19(7-5-18)24(29)27-14-12-26(13-15-27)21-9-10-22-20(16-21)8-11-23(28)25(22)3/h4-7,9-10,16-17H,8,11-15H2,1-3H3. The molecule has 0 aliphatic carbocycles. The molecule has 2 aromatic carbocycles. The Morgan fingerprint density at radius 2 is 1.62 bits per heavy atom. The van der Waals surface area contributed by atoms with Gasteiger partial charge in [-0.3, -0.25) is 9.59 Å². The highest BCUT2D eigenvalue weighted by atomic mass is 16.2. The van der Waals surface area contributed by atoms with E-state index in [2.05, 4.69) is 49.1 Å². The fourth-order valence-corrected chi connectivity index (χ4v) is 4.20. The van der Waals surface area contributed by atoms with Crippen molar-refractivity contribution in [1.82, 2.24) is 4.90 Å². The first-order chi connectivity index (χ1) is 13.9. The highest BCUT2D eigenvalue weighted by molar-refractivity contribution is 5.96. The number of amides is 2. The number of piperazine rings is 1. The first-order valence-electron chi connectivity index (χ1n) is 10.5. The van der Waals surface area contributed by atoms with E-state index in [-0.39, 0.29) is 11.8 Å². The second kappa shape index (κ2) is 7.90. The number of nitrogens with zero attached hydrogens (tertiary/aromatic N) is 3. The van der Waals surface area contributed by atoms with Gasteiger partial charge >= 0.3 is 0 Å². The van der Waals surface area contributed by atoms with Crippen molar-refractivity contribution in [2.45, 2.75) is 32.6 Å². The number of fused-ring (bicyclic) bond motifs is 1. The van der Waals surface area contributed by atoms with Crippen LogP contribution in [0, 0.1) is 0 Å². The molecular formula is C24H29N3O2. The quantitative estimate of drug-likeness (QED) is 0.802. The van der Waals surface area contributed by atoms with Crippen molar-refractivity contribution in [3.63, 3.8) is 0 Å². The average Bonchev–Trinajstić information content (AvgIpc) is 2.76. The molecule has 2 heterocycles. The molecule has 2 amide bonds. The molecule has 0 aromatic heterocycles. The van der Waals surface area contributed by atoms with Crippen LogP contribution >= 0.6 is 0 Å². The Hall–Kier alpha value is -2.82. The number of carbonyl (C=O) groups is 2. The second-order valence-corrected chi connectivity index (χ2v) is 8.32. The van der Waals surface area contributed by atoms with Crippen LogP contribution in [0.15, 0.2) is 42.5 Å². The minimum absolute atomic E-state index is 0.116. The van der Waals surface area contributed by atoms with E-state index in [0.717, 1.165) is 43.9 Å². The number of hydrogen-bond donors (Lipinski definition) is 0. The van der Waals surface area contributed by atoms with Crippen LogP contribution in [0.2, 0.25) is 0 Å². The van der Waals surface area contributed by atoms with Gasteiger partial charge in [-0.25, -0.2) is 0 Å². The van der Waals surface area contributed by atoms with E-state index in [4.69, 9.17) is 0 Å². The third-order valence-corrected chi connectivity index (χ3v) is 6.16. The summed E-state index contributed by atoms with van der Waals surface area (Å²) in [5.41, 5.74) is 5.45. The monoisotopic (exact) mass is 391 g/mol. The van der Waals surface area contributed by atoms with Crippen molar-refractivity contribution < 1.29 is 9.59 Å². The van der Waals surface area contributed by atoms with E-state index in [0.29, 0.717) is 12.3 Å². The molecule has 1 saturated heterocycles. The van der Waals surface area contributed by atoms with Crippen molar-refractivity contribution in [3.05, 3.63) is 59.2 Å². The highest BCUT2D eigenvalue weighted by Gasteiger charge is 2.25. The van der Waals surface area contributed by atoms with Crippen LogP contribution in [0.5, 0.6) is 0 Å². The van der Waals surface area contributed by atoms with Crippen LogP contribution in [0.3, 0.4) is 0 Å². The molecule has 0 radical (unpaired) electrons. The van der Waals surface area contributed by atoms with Crippen molar-refractivity contribution >= 4 is 23.2 Å². The fourth-order valence-electron chi connectivity index (χ4n) is 4.20. The van der Waals surface area contributed by atoms with Crippen LogP contribution in [0.1, 0.15) is 47.7 Å². The predicted octanol–water partition coefficient (Wildman–Crippen LogP) is 3.68. The molecule has 1 fully saturated rings. The lowest BCUT2D eigenvalue weighted by atomic mass is 10.0. The topological polar surface area (TPSA) is 43.9 Å². The summed E-state index contributed by atoms with van der Waals surface area (Å²) in [5.74, 6) is 0.765. The Morgan fingerprint density at radius 1 is 0.931 bits per heavy atom. The lowest BCUT2D eigenvalue weighted by Gasteiger charge is -2.37. The summed E-state index contributed by atoms with van der Waals surface area (Å²) in [6, 6.07) is 14.4. The molecule has 5 heteroatoms. The van der Waals surface area contributed by atoms with Crippen LogP contribution in [-0.2, 0) is 11.2 Å². The molecule has 0 spiro atoms. The number of benzene rings is 2.